The lowest BCUT2D eigenvalue weighted by atomic mass is 9.45. The van der Waals surface area contributed by atoms with Crippen LogP contribution in [0.2, 0.25) is 0 Å². The van der Waals surface area contributed by atoms with Gasteiger partial charge in [-0.1, -0.05) is 45.7 Å². The number of hydrogen-bond acceptors (Lipinski definition) is 9. The summed E-state index contributed by atoms with van der Waals surface area (Å²) in [5, 5.41) is 0. The van der Waals surface area contributed by atoms with E-state index < -0.39 is 78.2 Å². The zero-order valence-electron chi connectivity index (χ0n) is 22.4. The minimum absolute atomic E-state index is 0.00485. The van der Waals surface area contributed by atoms with Crippen molar-refractivity contribution in [3.63, 3.8) is 0 Å². The van der Waals surface area contributed by atoms with Crippen LogP contribution in [0.1, 0.15) is 59.8 Å². The number of carbonyl (C=O) groups is 4. The summed E-state index contributed by atoms with van der Waals surface area (Å²) in [6, 6.07) is 0. The molecule has 8 atom stereocenters. The van der Waals surface area contributed by atoms with Crippen molar-refractivity contribution in [1.82, 2.24) is 0 Å². The highest BCUT2D eigenvalue weighted by molar-refractivity contribution is 9.26. The van der Waals surface area contributed by atoms with Crippen LogP contribution >= 0.6 is 31.9 Å². The lowest BCUT2D eigenvalue weighted by Crippen LogP contribution is -2.65. The molecule has 4 aliphatic rings. The van der Waals surface area contributed by atoms with Gasteiger partial charge < -0.3 is 9.47 Å². The molecule has 4 aliphatic carbocycles. The molecule has 0 unspecified atom stereocenters. The van der Waals surface area contributed by atoms with Crippen LogP contribution in [0, 0.1) is 28.6 Å². The molecule has 0 amide bonds. The number of Topliss-reactive ketones (excluding diaryl/α,β-unsaturated/α-hetero) is 1. The van der Waals surface area contributed by atoms with Crippen molar-refractivity contribution in [2.75, 3.05) is 12.9 Å². The number of halogens is 3. The molecule has 0 aliphatic heterocycles. The Labute approximate surface area is 244 Å². The number of esters is 2. The molecule has 0 heterocycles. The Hall–Kier alpha value is -1.18. The molecule has 13 heteroatoms. The number of hydrogen-bond donors (Lipinski definition) is 0. The fraction of sp³-hybridized carbons (Fsp3) is 0.769. The third-order valence-corrected chi connectivity index (χ3v) is 11.4. The van der Waals surface area contributed by atoms with E-state index in [1.807, 2.05) is 6.92 Å². The fourth-order valence-corrected chi connectivity index (χ4v) is 10.3. The monoisotopic (exact) mass is 698 g/mol. The first-order valence-corrected chi connectivity index (χ1v) is 16.2. The molecule has 0 radical (unpaired) electrons. The standard InChI is InChI=1S/C26H33Br2FO9S/c1-13(30)36-11-21(33)25(37-14(2)31)7-6-16-15-8-18(29)17-9-20(32)26(27,28)12-23(17,3)22(15)19(10-24(16,25)4)38-39(5,34)35/h9,15-16,18-19,22H,6-8,10-12H2,1-5H3/t15-,16-,18+,19+,22+,23-,24-,25-/m0/s1. The Kier molecular flexibility index (Phi) is 7.87. The van der Waals surface area contributed by atoms with Crippen LogP contribution in [0.3, 0.4) is 0 Å². The second-order valence-corrected chi connectivity index (χ2v) is 17.3. The highest BCUT2D eigenvalue weighted by Gasteiger charge is 2.72. The van der Waals surface area contributed by atoms with Gasteiger partial charge in [-0.2, -0.15) is 8.42 Å². The van der Waals surface area contributed by atoms with Crippen LogP contribution in [0.25, 0.3) is 0 Å². The van der Waals surface area contributed by atoms with Gasteiger partial charge in [0.25, 0.3) is 10.1 Å². The van der Waals surface area contributed by atoms with Gasteiger partial charge in [0.1, 0.15) is 9.41 Å². The van der Waals surface area contributed by atoms with E-state index in [0.29, 0.717) is 12.0 Å². The molecule has 4 rings (SSSR count). The predicted octanol–water partition coefficient (Wildman–Crippen LogP) is 3.95. The van der Waals surface area contributed by atoms with E-state index in [-0.39, 0.29) is 37.4 Å². The van der Waals surface area contributed by atoms with Gasteiger partial charge in [-0.15, -0.1) is 0 Å². The van der Waals surface area contributed by atoms with Crippen LogP contribution in [0.4, 0.5) is 4.39 Å². The normalized spacial score (nSPS) is 41.0. The summed E-state index contributed by atoms with van der Waals surface area (Å²) in [6.45, 7) is 5.29. The van der Waals surface area contributed by atoms with Gasteiger partial charge in [0, 0.05) is 19.3 Å². The largest absolute Gasteiger partial charge is 0.458 e. The Morgan fingerprint density at radius 1 is 1.15 bits per heavy atom. The van der Waals surface area contributed by atoms with Gasteiger partial charge >= 0.3 is 11.9 Å². The fourth-order valence-electron chi connectivity index (χ4n) is 8.25. The first kappa shape index (κ1) is 30.8. The van der Waals surface area contributed by atoms with E-state index in [0.717, 1.165) is 13.2 Å². The van der Waals surface area contributed by atoms with E-state index in [2.05, 4.69) is 31.9 Å². The van der Waals surface area contributed by atoms with Gasteiger partial charge in [-0.25, -0.2) is 4.39 Å². The molecule has 0 bridgehead atoms. The second kappa shape index (κ2) is 9.97. The van der Waals surface area contributed by atoms with Crippen LogP contribution in [0.15, 0.2) is 11.6 Å². The maximum Gasteiger partial charge on any atom is 0.303 e. The number of carbonyl (C=O) groups excluding carboxylic acids is 4. The highest BCUT2D eigenvalue weighted by Crippen LogP contribution is 2.70. The summed E-state index contributed by atoms with van der Waals surface area (Å²) in [4.78, 5) is 50.2. The Bertz CT molecular complexity index is 1250. The van der Waals surface area contributed by atoms with Crippen molar-refractivity contribution in [3.8, 4) is 0 Å². The number of ether oxygens (including phenoxy) is 2. The van der Waals surface area contributed by atoms with Crippen molar-refractivity contribution in [2.24, 2.45) is 28.6 Å². The molecule has 0 aromatic heterocycles. The van der Waals surface area contributed by atoms with Gasteiger partial charge in [-0.3, -0.25) is 23.4 Å². The van der Waals surface area contributed by atoms with Gasteiger partial charge in [-0.05, 0) is 66.9 Å². The van der Waals surface area contributed by atoms with E-state index in [4.69, 9.17) is 13.7 Å². The maximum absolute atomic E-state index is 16.0. The summed E-state index contributed by atoms with van der Waals surface area (Å²) in [5.74, 6) is -3.67. The topological polar surface area (TPSA) is 130 Å². The van der Waals surface area contributed by atoms with Crippen molar-refractivity contribution in [2.45, 2.75) is 80.9 Å². The second-order valence-electron chi connectivity index (χ2n) is 11.9. The highest BCUT2D eigenvalue weighted by atomic mass is 79.9. The first-order chi connectivity index (χ1) is 17.8. The van der Waals surface area contributed by atoms with Crippen molar-refractivity contribution in [1.29, 1.82) is 0 Å². The molecule has 0 saturated heterocycles. The van der Waals surface area contributed by atoms with E-state index in [1.54, 1.807) is 6.92 Å². The van der Waals surface area contributed by atoms with Crippen LogP contribution in [-0.4, -0.2) is 65.9 Å². The molecule has 39 heavy (non-hydrogen) atoms. The lowest BCUT2D eigenvalue weighted by molar-refractivity contribution is -0.200. The number of alkyl halides is 3. The molecule has 3 fully saturated rings. The van der Waals surface area contributed by atoms with Gasteiger partial charge in [0.15, 0.2) is 18.0 Å². The van der Waals surface area contributed by atoms with Crippen LogP contribution < -0.4 is 0 Å². The summed E-state index contributed by atoms with van der Waals surface area (Å²) < 4.78 is 56.3. The molecule has 0 spiro atoms. The molecule has 0 aromatic rings. The average molecular weight is 700 g/mol. The van der Waals surface area contributed by atoms with Gasteiger partial charge in [0.2, 0.25) is 5.78 Å². The summed E-state index contributed by atoms with van der Waals surface area (Å²) in [6.07, 6.45) is 0.420. The molecule has 9 nitrogen and oxygen atoms in total. The van der Waals surface area contributed by atoms with E-state index >= 15 is 4.39 Å². The van der Waals surface area contributed by atoms with Crippen LogP contribution in [-0.2, 0) is 43.0 Å². The average Bonchev–Trinajstić information content (AvgIpc) is 3.04. The minimum Gasteiger partial charge on any atom is -0.458 e. The number of ketones is 2. The van der Waals surface area contributed by atoms with Crippen molar-refractivity contribution >= 4 is 65.5 Å². The van der Waals surface area contributed by atoms with E-state index in [1.165, 1.54) is 13.0 Å². The van der Waals surface area contributed by atoms with Crippen LogP contribution in [0.5, 0.6) is 0 Å². The lowest BCUT2D eigenvalue weighted by Gasteiger charge is -2.62. The molecule has 3 saturated carbocycles. The van der Waals surface area contributed by atoms with Crippen molar-refractivity contribution in [3.05, 3.63) is 11.6 Å². The number of fused-ring (bicyclic) bond motifs is 5. The smallest absolute Gasteiger partial charge is 0.303 e. The summed E-state index contributed by atoms with van der Waals surface area (Å²) in [7, 11) is -4.02. The third-order valence-electron chi connectivity index (χ3n) is 9.47. The number of allylic oxidation sites excluding steroid dienone is 1. The predicted molar refractivity (Wildman–Crippen MR) is 144 cm³/mol. The zero-order chi connectivity index (χ0) is 29.3. The SMILES string of the molecule is CC(=O)OCC(=O)[C@@]1(OC(C)=O)CC[C@H]2[C@@H]3C[C@@H](F)C4=CC(=O)C(Br)(Br)C[C@]4(C)[C@H]3[C@H](OS(C)(=O)=O)C[C@@]21C. The summed E-state index contributed by atoms with van der Waals surface area (Å²) in [5.41, 5.74) is -3.52. The first-order valence-electron chi connectivity index (χ1n) is 12.8. The molecule has 218 valence electrons. The third kappa shape index (κ3) is 5.07. The molecular weight excluding hydrogens is 667 g/mol. The quantitative estimate of drug-likeness (QED) is 0.230. The molecular formula is C26H33Br2FO9S. The summed E-state index contributed by atoms with van der Waals surface area (Å²) >= 11 is 6.86. The molecule has 0 N–H and O–H groups in total. The number of rotatable bonds is 6. The van der Waals surface area contributed by atoms with Crippen molar-refractivity contribution < 1.29 is 45.6 Å². The van der Waals surface area contributed by atoms with E-state index in [9.17, 15) is 27.6 Å². The molecule has 0 aromatic carbocycles. The Morgan fingerprint density at radius 3 is 2.36 bits per heavy atom. The Morgan fingerprint density at radius 2 is 1.79 bits per heavy atom. The zero-order valence-corrected chi connectivity index (χ0v) is 26.4. The van der Waals surface area contributed by atoms with Gasteiger partial charge in [0.05, 0.1) is 12.4 Å². The Balaban J connectivity index is 1.88. The maximum atomic E-state index is 16.0. The minimum atomic E-state index is -4.02.